The summed E-state index contributed by atoms with van der Waals surface area (Å²) in [6, 6.07) is 8.88. The highest BCUT2D eigenvalue weighted by molar-refractivity contribution is 6.00. The number of fused-ring (bicyclic) bond motifs is 2. The number of nitrogens with one attached hydrogen (secondary N) is 2. The van der Waals surface area contributed by atoms with Crippen LogP contribution in [0.4, 0.5) is 27.6 Å². The lowest BCUT2D eigenvalue weighted by molar-refractivity contribution is -0.140. The van der Waals surface area contributed by atoms with E-state index >= 15 is 0 Å². The van der Waals surface area contributed by atoms with Crippen LogP contribution in [0.3, 0.4) is 0 Å². The Morgan fingerprint density at radius 3 is 2.36 bits per heavy atom. The summed E-state index contributed by atoms with van der Waals surface area (Å²) in [7, 11) is 1.33. The van der Waals surface area contributed by atoms with Crippen molar-refractivity contribution in [1.29, 1.82) is 0 Å². The van der Waals surface area contributed by atoms with Crippen LogP contribution in [0.25, 0.3) is 11.1 Å². The highest BCUT2D eigenvalue weighted by atomic mass is 19.4. The molecule has 2 fully saturated rings. The third kappa shape index (κ3) is 6.04. The molecule has 0 heterocycles. The monoisotopic (exact) mass is 626 g/mol. The number of rotatable bonds is 8. The summed E-state index contributed by atoms with van der Waals surface area (Å²) >= 11 is 0. The van der Waals surface area contributed by atoms with Gasteiger partial charge in [0, 0.05) is 23.2 Å². The third-order valence-electron chi connectivity index (χ3n) is 8.32. The number of halogens is 5. The molecule has 2 aliphatic carbocycles. The quantitative estimate of drug-likeness (QED) is 0.237. The van der Waals surface area contributed by atoms with Gasteiger partial charge in [0.2, 0.25) is 5.91 Å². The van der Waals surface area contributed by atoms with E-state index in [0.29, 0.717) is 25.0 Å². The number of anilines is 1. The predicted octanol–water partition coefficient (Wildman–Crippen LogP) is 6.86. The summed E-state index contributed by atoms with van der Waals surface area (Å²) in [5, 5.41) is 14.7. The number of aromatic carboxylic acids is 1. The zero-order chi connectivity index (χ0) is 32.6. The molecule has 2 saturated carbocycles. The lowest BCUT2D eigenvalue weighted by Gasteiger charge is -2.30. The van der Waals surface area contributed by atoms with Gasteiger partial charge in [0.05, 0.1) is 29.7 Å². The highest BCUT2D eigenvalue weighted by Crippen LogP contribution is 2.53. The van der Waals surface area contributed by atoms with Crippen molar-refractivity contribution in [3.63, 3.8) is 0 Å². The topological polar surface area (TPSA) is 105 Å². The average Bonchev–Trinajstić information content (AvgIpc) is 3.52. The van der Waals surface area contributed by atoms with Crippen molar-refractivity contribution < 1.29 is 46.2 Å². The molecule has 2 amide bonds. The summed E-state index contributed by atoms with van der Waals surface area (Å²) in [5.41, 5.74) is -0.948. The van der Waals surface area contributed by atoms with Crippen molar-refractivity contribution >= 4 is 23.5 Å². The molecular formula is C33H27F5N2O5. The van der Waals surface area contributed by atoms with Gasteiger partial charge in [0.25, 0.3) is 5.91 Å². The molecule has 12 heteroatoms. The maximum Gasteiger partial charge on any atom is 0.419 e. The molecule has 0 saturated heterocycles. The molecule has 234 valence electrons. The molecule has 5 rings (SSSR count). The van der Waals surface area contributed by atoms with Crippen molar-refractivity contribution in [3.8, 4) is 16.9 Å². The number of amides is 2. The zero-order valence-electron chi connectivity index (χ0n) is 23.8. The van der Waals surface area contributed by atoms with E-state index in [9.17, 15) is 41.4 Å². The minimum atomic E-state index is -4.97. The molecule has 7 nitrogen and oxygen atoms in total. The van der Waals surface area contributed by atoms with Gasteiger partial charge in [-0.2, -0.15) is 13.2 Å². The van der Waals surface area contributed by atoms with E-state index < -0.39 is 53.1 Å². The molecule has 0 radical (unpaired) electrons. The van der Waals surface area contributed by atoms with Crippen LogP contribution in [-0.4, -0.2) is 36.0 Å². The van der Waals surface area contributed by atoms with Crippen molar-refractivity contribution in [3.05, 3.63) is 107 Å². The second kappa shape index (κ2) is 12.2. The summed E-state index contributed by atoms with van der Waals surface area (Å²) in [5.74, 6) is -6.18. The molecule has 3 aromatic carbocycles. The number of hydrogen-bond donors (Lipinski definition) is 3. The fraction of sp³-hybridized carbons (Fsp3) is 0.242. The summed E-state index contributed by atoms with van der Waals surface area (Å²) in [6.07, 6.45) is -0.448. The highest BCUT2D eigenvalue weighted by Gasteiger charge is 2.54. The van der Waals surface area contributed by atoms with Gasteiger partial charge in [0.15, 0.2) is 0 Å². The number of allylic oxidation sites excluding steroid dienone is 2. The summed E-state index contributed by atoms with van der Waals surface area (Å²) < 4.78 is 73.8. The van der Waals surface area contributed by atoms with Gasteiger partial charge >= 0.3 is 12.1 Å². The molecule has 3 aromatic rings. The maximum absolute atomic E-state index is 14.7. The Morgan fingerprint density at radius 1 is 0.978 bits per heavy atom. The second-order valence-corrected chi connectivity index (χ2v) is 10.8. The maximum atomic E-state index is 14.7. The zero-order valence-corrected chi connectivity index (χ0v) is 23.8. The lowest BCUT2D eigenvalue weighted by atomic mass is 9.83. The summed E-state index contributed by atoms with van der Waals surface area (Å²) in [4.78, 5) is 38.8. The number of carboxylic acid groups (broad SMARTS) is 1. The number of alkyl halides is 3. The minimum absolute atomic E-state index is 0.0142. The Kier molecular flexibility index (Phi) is 8.51. The lowest BCUT2D eigenvalue weighted by Crippen LogP contribution is -2.48. The van der Waals surface area contributed by atoms with E-state index in [1.807, 2.05) is 0 Å². The first-order valence-corrected chi connectivity index (χ1v) is 13.9. The molecule has 0 aliphatic heterocycles. The first kappa shape index (κ1) is 31.4. The van der Waals surface area contributed by atoms with Crippen LogP contribution >= 0.6 is 0 Å². The minimum Gasteiger partial charge on any atom is -0.496 e. The van der Waals surface area contributed by atoms with E-state index in [4.69, 9.17) is 4.74 Å². The van der Waals surface area contributed by atoms with Gasteiger partial charge < -0.3 is 20.5 Å². The van der Waals surface area contributed by atoms with Crippen LogP contribution in [0.2, 0.25) is 0 Å². The SMILES string of the molecule is C=CC=C1C2CCC1[C@H](C(=O)Nc1ccc(F)c(C(F)(F)F)c1)[C@@H]2NC(=O)c1cc(-c2cc(C(=O)O)ccc2F)ccc1OC. The number of carboxylic acids is 1. The number of ether oxygens (including phenoxy) is 1. The Balaban J connectivity index is 1.47. The van der Waals surface area contributed by atoms with Crippen LogP contribution in [-0.2, 0) is 11.0 Å². The van der Waals surface area contributed by atoms with Crippen LogP contribution in [0.5, 0.6) is 5.75 Å². The molecule has 3 N–H and O–H groups in total. The number of carbonyl (C=O) groups is 3. The number of benzene rings is 3. The predicted molar refractivity (Wildman–Crippen MR) is 155 cm³/mol. The van der Waals surface area contributed by atoms with Crippen LogP contribution in [0, 0.1) is 29.4 Å². The Bertz CT molecular complexity index is 1730. The molecule has 2 unspecified atom stereocenters. The number of hydrogen-bond acceptors (Lipinski definition) is 4. The van der Waals surface area contributed by atoms with E-state index in [-0.39, 0.29) is 45.5 Å². The van der Waals surface area contributed by atoms with E-state index in [2.05, 4.69) is 17.2 Å². The largest absolute Gasteiger partial charge is 0.496 e. The van der Waals surface area contributed by atoms with E-state index in [1.54, 1.807) is 12.2 Å². The molecule has 0 spiro atoms. The van der Waals surface area contributed by atoms with Gasteiger partial charge in [-0.05, 0) is 72.9 Å². The van der Waals surface area contributed by atoms with Gasteiger partial charge in [-0.15, -0.1) is 0 Å². The van der Waals surface area contributed by atoms with Crippen molar-refractivity contribution in [2.75, 3.05) is 12.4 Å². The first-order chi connectivity index (χ1) is 21.3. The molecular weight excluding hydrogens is 599 g/mol. The fourth-order valence-electron chi connectivity index (χ4n) is 6.37. The van der Waals surface area contributed by atoms with Crippen LogP contribution in [0.15, 0.2) is 78.9 Å². The van der Waals surface area contributed by atoms with Gasteiger partial charge in [-0.1, -0.05) is 30.4 Å². The van der Waals surface area contributed by atoms with Crippen LogP contribution in [0.1, 0.15) is 39.1 Å². The molecule has 2 bridgehead atoms. The van der Waals surface area contributed by atoms with Gasteiger partial charge in [-0.3, -0.25) is 9.59 Å². The fourth-order valence-corrected chi connectivity index (χ4v) is 6.37. The summed E-state index contributed by atoms with van der Waals surface area (Å²) in [6.45, 7) is 3.73. The number of methoxy groups -OCH3 is 1. The Morgan fingerprint density at radius 2 is 1.69 bits per heavy atom. The smallest absolute Gasteiger partial charge is 0.419 e. The van der Waals surface area contributed by atoms with Gasteiger partial charge in [0.1, 0.15) is 17.4 Å². The number of carbonyl (C=O) groups excluding carboxylic acids is 2. The molecule has 2 aliphatic rings. The normalized spacial score (nSPS) is 21.4. The first-order valence-electron chi connectivity index (χ1n) is 13.9. The molecule has 0 aromatic heterocycles. The van der Waals surface area contributed by atoms with Crippen molar-refractivity contribution in [2.24, 2.45) is 17.8 Å². The van der Waals surface area contributed by atoms with Crippen molar-refractivity contribution in [1.82, 2.24) is 5.32 Å². The van der Waals surface area contributed by atoms with E-state index in [1.165, 1.54) is 25.3 Å². The third-order valence-corrected chi connectivity index (χ3v) is 8.32. The molecule has 4 atom stereocenters. The van der Waals surface area contributed by atoms with Gasteiger partial charge in [-0.25, -0.2) is 13.6 Å². The standard InChI is InChI=1S/C33H27F5N2O5/c1-3-4-19-20-8-9-21(19)29(28(20)31(42)39-18-7-11-26(35)24(15-18)33(36,37)38)40-30(41)23-13-16(6-12-27(23)45-2)22-14-17(32(43)44)5-10-25(22)34/h3-7,10-15,20-21,28-29H,1,8-9H2,2H3,(H,39,42)(H,40,41)(H,43,44)/t20?,21?,28-,29+/m0/s1. The Hall–Kier alpha value is -5.00. The van der Waals surface area contributed by atoms with Crippen LogP contribution < -0.4 is 15.4 Å². The van der Waals surface area contributed by atoms with E-state index in [0.717, 1.165) is 29.8 Å². The average molecular weight is 627 g/mol. The Labute approximate surface area is 254 Å². The second-order valence-electron chi connectivity index (χ2n) is 10.8. The van der Waals surface area contributed by atoms with Crippen molar-refractivity contribution in [2.45, 2.75) is 25.1 Å². The molecule has 45 heavy (non-hydrogen) atoms.